The molecule has 0 aromatic heterocycles. The maximum absolute atomic E-state index is 12.9. The van der Waals surface area contributed by atoms with Crippen molar-refractivity contribution in [1.29, 1.82) is 0 Å². The topological polar surface area (TPSA) is 58.6 Å². The van der Waals surface area contributed by atoms with Gasteiger partial charge in [0.2, 0.25) is 5.91 Å². The summed E-state index contributed by atoms with van der Waals surface area (Å²) in [5.41, 5.74) is -2.94. The molecule has 0 saturated carbocycles. The number of nitrogens with one attached hydrogen (secondary N) is 1. The number of hydrogen-bond donors (Lipinski definition) is 1. The Morgan fingerprint density at radius 3 is 2.12 bits per heavy atom. The van der Waals surface area contributed by atoms with Crippen LogP contribution in [0.15, 0.2) is 42.5 Å². The number of rotatable bonds is 4. The summed E-state index contributed by atoms with van der Waals surface area (Å²) >= 11 is 5.81. The van der Waals surface area contributed by atoms with Gasteiger partial charge in [-0.1, -0.05) is 11.6 Å². The molecular weight excluding hydrogens is 466 g/mol. The van der Waals surface area contributed by atoms with Gasteiger partial charge in [-0.3, -0.25) is 4.79 Å². The van der Waals surface area contributed by atoms with Gasteiger partial charge in [-0.2, -0.15) is 26.3 Å². The standard InChI is InChI=1S/C20H15ClF6N2O3/c21-14-1-3-16(4-2-14)29-9-15(8-17(29)30)28-18(31)32-10-11-5-12(19(22,23)24)7-13(6-11)20(25,26)27/h1-7,15H,8-10H2,(H,28,31). The lowest BCUT2D eigenvalue weighted by Crippen LogP contribution is -2.37. The van der Waals surface area contributed by atoms with Crippen molar-refractivity contribution in [1.82, 2.24) is 5.32 Å². The molecule has 0 radical (unpaired) electrons. The summed E-state index contributed by atoms with van der Waals surface area (Å²) in [6, 6.07) is 6.69. The van der Waals surface area contributed by atoms with Crippen LogP contribution in [0.2, 0.25) is 5.02 Å². The van der Waals surface area contributed by atoms with Gasteiger partial charge in [0, 0.05) is 23.7 Å². The van der Waals surface area contributed by atoms with Crippen molar-refractivity contribution in [2.45, 2.75) is 31.4 Å². The Hall–Kier alpha value is -2.95. The second-order valence-electron chi connectivity index (χ2n) is 7.02. The van der Waals surface area contributed by atoms with Crippen molar-refractivity contribution in [2.24, 2.45) is 0 Å². The molecule has 1 heterocycles. The monoisotopic (exact) mass is 480 g/mol. The van der Waals surface area contributed by atoms with E-state index in [1.165, 1.54) is 4.90 Å². The Morgan fingerprint density at radius 1 is 1.03 bits per heavy atom. The zero-order valence-corrected chi connectivity index (χ0v) is 16.8. The molecule has 172 valence electrons. The third-order valence-electron chi connectivity index (χ3n) is 4.60. The van der Waals surface area contributed by atoms with E-state index in [0.29, 0.717) is 22.8 Å². The number of amides is 2. The Kier molecular flexibility index (Phi) is 6.59. The van der Waals surface area contributed by atoms with E-state index in [1.54, 1.807) is 24.3 Å². The van der Waals surface area contributed by atoms with Gasteiger partial charge < -0.3 is 15.0 Å². The minimum atomic E-state index is -5.01. The van der Waals surface area contributed by atoms with Gasteiger partial charge in [-0.25, -0.2) is 4.79 Å². The van der Waals surface area contributed by atoms with Gasteiger partial charge in [0.15, 0.2) is 0 Å². The molecule has 1 atom stereocenters. The number of anilines is 1. The fraction of sp³-hybridized carbons (Fsp3) is 0.300. The van der Waals surface area contributed by atoms with E-state index < -0.39 is 47.8 Å². The van der Waals surface area contributed by atoms with Crippen LogP contribution in [0.3, 0.4) is 0 Å². The van der Waals surface area contributed by atoms with E-state index in [2.05, 4.69) is 5.32 Å². The lowest BCUT2D eigenvalue weighted by Gasteiger charge is -2.17. The van der Waals surface area contributed by atoms with Crippen LogP contribution < -0.4 is 10.2 Å². The summed E-state index contributed by atoms with van der Waals surface area (Å²) in [6.07, 6.45) is -11.1. The van der Waals surface area contributed by atoms with Gasteiger partial charge in [0.1, 0.15) is 6.61 Å². The summed E-state index contributed by atoms with van der Waals surface area (Å²) in [5.74, 6) is -0.287. The molecule has 3 rings (SSSR count). The molecule has 1 fully saturated rings. The first-order valence-corrected chi connectivity index (χ1v) is 9.48. The molecule has 1 aliphatic heterocycles. The lowest BCUT2D eigenvalue weighted by molar-refractivity contribution is -0.143. The molecule has 1 N–H and O–H groups in total. The first-order chi connectivity index (χ1) is 14.8. The van der Waals surface area contributed by atoms with Gasteiger partial charge in [0.05, 0.1) is 17.2 Å². The fourth-order valence-electron chi connectivity index (χ4n) is 3.13. The highest BCUT2D eigenvalue weighted by molar-refractivity contribution is 6.30. The van der Waals surface area contributed by atoms with Crippen LogP contribution in [0.5, 0.6) is 0 Å². The van der Waals surface area contributed by atoms with Gasteiger partial charge in [-0.15, -0.1) is 0 Å². The molecule has 32 heavy (non-hydrogen) atoms. The summed E-state index contributed by atoms with van der Waals surface area (Å²) in [7, 11) is 0. The maximum atomic E-state index is 12.9. The molecule has 0 spiro atoms. The summed E-state index contributed by atoms with van der Waals surface area (Å²) < 4.78 is 82.2. The van der Waals surface area contributed by atoms with Crippen LogP contribution in [0, 0.1) is 0 Å². The van der Waals surface area contributed by atoms with Crippen molar-refractivity contribution in [3.63, 3.8) is 0 Å². The number of carbonyl (C=O) groups is 2. The van der Waals surface area contributed by atoms with Crippen molar-refractivity contribution < 1.29 is 40.7 Å². The highest BCUT2D eigenvalue weighted by atomic mass is 35.5. The number of alkyl halides is 6. The van der Waals surface area contributed by atoms with E-state index in [9.17, 15) is 35.9 Å². The predicted octanol–water partition coefficient (Wildman–Crippen LogP) is 5.41. The minimum Gasteiger partial charge on any atom is -0.445 e. The molecule has 2 aromatic carbocycles. The molecule has 2 aromatic rings. The number of hydrogen-bond acceptors (Lipinski definition) is 3. The molecule has 2 amide bonds. The van der Waals surface area contributed by atoms with E-state index in [4.69, 9.17) is 16.3 Å². The zero-order valence-electron chi connectivity index (χ0n) is 16.1. The average molecular weight is 481 g/mol. The number of halogens is 7. The first kappa shape index (κ1) is 23.7. The van der Waals surface area contributed by atoms with E-state index in [1.807, 2.05) is 0 Å². The van der Waals surface area contributed by atoms with Crippen LogP contribution in [0.4, 0.5) is 36.8 Å². The average Bonchev–Trinajstić information content (AvgIpc) is 3.05. The fourth-order valence-corrected chi connectivity index (χ4v) is 3.26. The van der Waals surface area contributed by atoms with E-state index >= 15 is 0 Å². The number of benzene rings is 2. The Bertz CT molecular complexity index is 976. The van der Waals surface area contributed by atoms with E-state index in [0.717, 1.165) is 0 Å². The number of ether oxygens (including phenoxy) is 1. The van der Waals surface area contributed by atoms with E-state index in [-0.39, 0.29) is 24.9 Å². The minimum absolute atomic E-state index is 0.0148. The summed E-state index contributed by atoms with van der Waals surface area (Å²) in [5, 5.41) is 2.86. The highest BCUT2D eigenvalue weighted by Crippen LogP contribution is 2.36. The molecule has 0 aliphatic carbocycles. The number of nitrogens with zero attached hydrogens (tertiary/aromatic N) is 1. The van der Waals surface area contributed by atoms with Crippen LogP contribution in [-0.4, -0.2) is 24.6 Å². The second-order valence-corrected chi connectivity index (χ2v) is 7.45. The Morgan fingerprint density at radius 2 is 1.59 bits per heavy atom. The zero-order chi connectivity index (χ0) is 23.7. The first-order valence-electron chi connectivity index (χ1n) is 9.10. The molecule has 12 heteroatoms. The van der Waals surface area contributed by atoms with Crippen molar-refractivity contribution in [3.8, 4) is 0 Å². The lowest BCUT2D eigenvalue weighted by atomic mass is 10.1. The molecular formula is C20H15ClF6N2O3. The van der Waals surface area contributed by atoms with Crippen LogP contribution in [0.25, 0.3) is 0 Å². The van der Waals surface area contributed by atoms with Crippen LogP contribution in [-0.2, 0) is 28.5 Å². The maximum Gasteiger partial charge on any atom is 0.416 e. The third kappa shape index (κ3) is 5.84. The molecule has 5 nitrogen and oxygen atoms in total. The van der Waals surface area contributed by atoms with Gasteiger partial charge in [-0.05, 0) is 48.0 Å². The normalized spacial score (nSPS) is 16.9. The Balaban J connectivity index is 1.62. The van der Waals surface area contributed by atoms with Crippen molar-refractivity contribution in [2.75, 3.05) is 11.4 Å². The number of alkyl carbamates (subject to hydrolysis) is 1. The molecule has 1 aliphatic rings. The largest absolute Gasteiger partial charge is 0.445 e. The molecule has 1 saturated heterocycles. The van der Waals surface area contributed by atoms with Crippen LogP contribution >= 0.6 is 11.6 Å². The van der Waals surface area contributed by atoms with Crippen molar-refractivity contribution in [3.05, 3.63) is 64.2 Å². The SMILES string of the molecule is O=C(NC1CC(=O)N(c2ccc(Cl)cc2)C1)OCc1cc(C(F)(F)F)cc(C(F)(F)F)c1. The van der Waals surface area contributed by atoms with Crippen LogP contribution in [0.1, 0.15) is 23.1 Å². The summed E-state index contributed by atoms with van der Waals surface area (Å²) in [4.78, 5) is 25.6. The third-order valence-corrected chi connectivity index (χ3v) is 4.85. The van der Waals surface area contributed by atoms with Crippen molar-refractivity contribution >= 4 is 29.3 Å². The smallest absolute Gasteiger partial charge is 0.416 e. The number of carbonyl (C=O) groups excluding carboxylic acids is 2. The predicted molar refractivity (Wildman–Crippen MR) is 102 cm³/mol. The van der Waals surface area contributed by atoms with Gasteiger partial charge in [0.25, 0.3) is 0 Å². The highest BCUT2D eigenvalue weighted by Gasteiger charge is 2.37. The molecule has 0 bridgehead atoms. The summed E-state index contributed by atoms with van der Waals surface area (Å²) in [6.45, 7) is -0.711. The Labute approximate surface area is 182 Å². The molecule has 1 unspecified atom stereocenters. The second kappa shape index (κ2) is 8.89. The van der Waals surface area contributed by atoms with Gasteiger partial charge >= 0.3 is 18.4 Å². The quantitative estimate of drug-likeness (QED) is 0.595.